The second-order valence-electron chi connectivity index (χ2n) is 9.52. The molecule has 1 aliphatic carbocycles. The lowest BCUT2D eigenvalue weighted by molar-refractivity contribution is -0.135. The zero-order valence-corrected chi connectivity index (χ0v) is 18.7. The molecule has 0 bridgehead atoms. The molecule has 3 fully saturated rings. The molecule has 7 heteroatoms. The van der Waals surface area contributed by atoms with E-state index in [0.717, 1.165) is 83.9 Å². The highest BCUT2D eigenvalue weighted by Crippen LogP contribution is 2.44. The molecule has 0 spiro atoms. The van der Waals surface area contributed by atoms with Crippen molar-refractivity contribution in [2.75, 3.05) is 57.3 Å². The lowest BCUT2D eigenvalue weighted by atomic mass is 9.78. The number of piperazine rings is 1. The van der Waals surface area contributed by atoms with E-state index in [-0.39, 0.29) is 17.2 Å². The van der Waals surface area contributed by atoms with Gasteiger partial charge in [0.05, 0.1) is 0 Å². The van der Waals surface area contributed by atoms with Gasteiger partial charge in [0, 0.05) is 58.3 Å². The molecule has 4 rings (SSSR count). The third-order valence-electron chi connectivity index (χ3n) is 7.28. The molecule has 170 valence electrons. The van der Waals surface area contributed by atoms with Gasteiger partial charge in [0.15, 0.2) is 0 Å². The molecule has 3 aliphatic rings. The van der Waals surface area contributed by atoms with Crippen LogP contribution < -0.4 is 10.2 Å². The van der Waals surface area contributed by atoms with E-state index in [4.69, 9.17) is 0 Å². The molecule has 0 atom stereocenters. The molecule has 1 aromatic heterocycles. The highest BCUT2D eigenvalue weighted by Gasteiger charge is 2.39. The van der Waals surface area contributed by atoms with Crippen molar-refractivity contribution in [3.05, 3.63) is 24.4 Å². The molecule has 1 N–H and O–H groups in total. The van der Waals surface area contributed by atoms with Crippen molar-refractivity contribution < 1.29 is 9.59 Å². The maximum absolute atomic E-state index is 13.1. The zero-order chi connectivity index (χ0) is 21.5. The van der Waals surface area contributed by atoms with Gasteiger partial charge in [-0.3, -0.25) is 9.59 Å². The van der Waals surface area contributed by atoms with Crippen molar-refractivity contribution in [2.24, 2.45) is 5.41 Å². The predicted molar refractivity (Wildman–Crippen MR) is 122 cm³/mol. The number of aromatic nitrogens is 1. The topological polar surface area (TPSA) is 68.8 Å². The van der Waals surface area contributed by atoms with Gasteiger partial charge in [0.2, 0.25) is 11.8 Å². The average Bonchev–Trinajstić information content (AvgIpc) is 3.47. The third-order valence-corrected chi connectivity index (χ3v) is 7.28. The number of hydrogen-bond acceptors (Lipinski definition) is 5. The molecule has 2 amide bonds. The van der Waals surface area contributed by atoms with Crippen LogP contribution in [0.2, 0.25) is 0 Å². The van der Waals surface area contributed by atoms with Gasteiger partial charge < -0.3 is 20.0 Å². The Morgan fingerprint density at radius 1 is 0.935 bits per heavy atom. The minimum absolute atomic E-state index is 0.119. The Bertz CT molecular complexity index is 721. The van der Waals surface area contributed by atoms with Crippen LogP contribution in [0.5, 0.6) is 0 Å². The number of pyridine rings is 1. The minimum atomic E-state index is -0.146. The van der Waals surface area contributed by atoms with Gasteiger partial charge in [0.25, 0.3) is 0 Å². The molecule has 2 aliphatic heterocycles. The number of anilines is 1. The first-order chi connectivity index (χ1) is 15.1. The van der Waals surface area contributed by atoms with Crippen LogP contribution in [0.15, 0.2) is 24.4 Å². The van der Waals surface area contributed by atoms with Crippen molar-refractivity contribution in [2.45, 2.75) is 51.4 Å². The van der Waals surface area contributed by atoms with E-state index in [9.17, 15) is 9.59 Å². The molecule has 2 saturated heterocycles. The van der Waals surface area contributed by atoms with Crippen molar-refractivity contribution in [1.29, 1.82) is 0 Å². The highest BCUT2D eigenvalue weighted by atomic mass is 16.2. The lowest BCUT2D eigenvalue weighted by Crippen LogP contribution is -2.50. The molecule has 31 heavy (non-hydrogen) atoms. The van der Waals surface area contributed by atoms with Gasteiger partial charge in [0.1, 0.15) is 5.82 Å². The number of likely N-dealkylation sites (tertiary alicyclic amines) is 1. The summed E-state index contributed by atoms with van der Waals surface area (Å²) in [5, 5.41) is 3.12. The van der Waals surface area contributed by atoms with Gasteiger partial charge in [-0.15, -0.1) is 0 Å². The van der Waals surface area contributed by atoms with Crippen LogP contribution in [-0.4, -0.2) is 79.0 Å². The van der Waals surface area contributed by atoms with Crippen LogP contribution in [-0.2, 0) is 9.59 Å². The van der Waals surface area contributed by atoms with Gasteiger partial charge in [-0.1, -0.05) is 18.9 Å². The number of nitrogens with zero attached hydrogens (tertiary/aromatic N) is 4. The number of carbonyl (C=O) groups excluding carboxylic acids is 2. The summed E-state index contributed by atoms with van der Waals surface area (Å²) in [6.45, 7) is 7.06. The Hall–Kier alpha value is -2.15. The molecule has 7 nitrogen and oxygen atoms in total. The van der Waals surface area contributed by atoms with Gasteiger partial charge in [-0.05, 0) is 56.3 Å². The van der Waals surface area contributed by atoms with E-state index in [1.807, 2.05) is 29.3 Å². The lowest BCUT2D eigenvalue weighted by Gasteiger charge is -2.37. The van der Waals surface area contributed by atoms with Crippen LogP contribution in [0, 0.1) is 5.41 Å². The monoisotopic (exact) mass is 427 g/mol. The van der Waals surface area contributed by atoms with Crippen LogP contribution >= 0.6 is 0 Å². The van der Waals surface area contributed by atoms with Gasteiger partial charge in [-0.2, -0.15) is 0 Å². The molecule has 1 saturated carbocycles. The quantitative estimate of drug-likeness (QED) is 0.689. The summed E-state index contributed by atoms with van der Waals surface area (Å²) in [6, 6.07) is 5.94. The number of hydrogen-bond donors (Lipinski definition) is 1. The van der Waals surface area contributed by atoms with Crippen molar-refractivity contribution in [3.63, 3.8) is 0 Å². The Balaban J connectivity index is 1.24. The first-order valence-electron chi connectivity index (χ1n) is 12.1. The van der Waals surface area contributed by atoms with Crippen LogP contribution in [0.1, 0.15) is 51.4 Å². The average molecular weight is 428 g/mol. The number of carbonyl (C=O) groups is 2. The fourth-order valence-corrected chi connectivity index (χ4v) is 5.46. The number of rotatable bonds is 8. The maximum atomic E-state index is 13.1. The summed E-state index contributed by atoms with van der Waals surface area (Å²) in [5.74, 6) is 1.31. The second-order valence-corrected chi connectivity index (χ2v) is 9.52. The minimum Gasteiger partial charge on any atom is -0.355 e. The Morgan fingerprint density at radius 2 is 1.68 bits per heavy atom. The maximum Gasteiger partial charge on any atom is 0.223 e. The summed E-state index contributed by atoms with van der Waals surface area (Å²) in [7, 11) is 0. The molecule has 0 unspecified atom stereocenters. The van der Waals surface area contributed by atoms with Gasteiger partial charge >= 0.3 is 0 Å². The molecular formula is C24H37N5O2. The highest BCUT2D eigenvalue weighted by molar-refractivity contribution is 5.80. The SMILES string of the molecule is O=C(CC1(CC(=O)N2CCN(c3ccccn3)CC2)CCCC1)NCCN1CCCC1. The summed E-state index contributed by atoms with van der Waals surface area (Å²) >= 11 is 0. The summed E-state index contributed by atoms with van der Waals surface area (Å²) in [4.78, 5) is 36.9. The van der Waals surface area contributed by atoms with E-state index < -0.39 is 0 Å². The van der Waals surface area contributed by atoms with Crippen molar-refractivity contribution >= 4 is 17.6 Å². The van der Waals surface area contributed by atoms with Crippen LogP contribution in [0.3, 0.4) is 0 Å². The molecule has 3 heterocycles. The Morgan fingerprint density at radius 3 is 2.35 bits per heavy atom. The molecule has 0 radical (unpaired) electrons. The van der Waals surface area contributed by atoms with E-state index in [0.29, 0.717) is 12.8 Å². The number of nitrogens with one attached hydrogen (secondary N) is 1. The predicted octanol–water partition coefficient (Wildman–Crippen LogP) is 2.28. The van der Waals surface area contributed by atoms with Crippen LogP contribution in [0.4, 0.5) is 5.82 Å². The van der Waals surface area contributed by atoms with E-state index in [1.54, 1.807) is 0 Å². The molecule has 1 aromatic rings. The largest absolute Gasteiger partial charge is 0.355 e. The summed E-state index contributed by atoms with van der Waals surface area (Å²) in [5.41, 5.74) is -0.146. The van der Waals surface area contributed by atoms with Crippen molar-refractivity contribution in [3.8, 4) is 0 Å². The first-order valence-corrected chi connectivity index (χ1v) is 12.1. The molecule has 0 aromatic carbocycles. The fraction of sp³-hybridized carbons (Fsp3) is 0.708. The fourth-order valence-electron chi connectivity index (χ4n) is 5.46. The number of amides is 2. The first kappa shape index (κ1) is 22.1. The Labute approximate surface area is 186 Å². The summed E-state index contributed by atoms with van der Waals surface area (Å²) < 4.78 is 0. The van der Waals surface area contributed by atoms with E-state index in [2.05, 4.69) is 20.1 Å². The van der Waals surface area contributed by atoms with Crippen LogP contribution in [0.25, 0.3) is 0 Å². The third kappa shape index (κ3) is 5.97. The normalized spacial score (nSPS) is 21.4. The Kier molecular flexibility index (Phi) is 7.43. The smallest absolute Gasteiger partial charge is 0.223 e. The molecular weight excluding hydrogens is 390 g/mol. The van der Waals surface area contributed by atoms with E-state index in [1.165, 1.54) is 12.8 Å². The van der Waals surface area contributed by atoms with Gasteiger partial charge in [-0.25, -0.2) is 4.98 Å². The standard InChI is InChI=1S/C24H37N5O2/c30-22(26-11-14-27-12-5-6-13-27)19-24(8-2-3-9-24)20-23(31)29-17-15-28(16-18-29)21-7-1-4-10-25-21/h1,4,7,10H,2-3,5-6,8-9,11-20H2,(H,26,30). The zero-order valence-electron chi connectivity index (χ0n) is 18.7. The second kappa shape index (κ2) is 10.4. The van der Waals surface area contributed by atoms with E-state index >= 15 is 0 Å². The summed E-state index contributed by atoms with van der Waals surface area (Å²) in [6.07, 6.45) is 9.60. The van der Waals surface area contributed by atoms with Crippen molar-refractivity contribution in [1.82, 2.24) is 20.1 Å².